The van der Waals surface area contributed by atoms with E-state index in [2.05, 4.69) is 32.5 Å². The van der Waals surface area contributed by atoms with Crippen molar-refractivity contribution in [3.05, 3.63) is 76.2 Å². The molecule has 1 aliphatic heterocycles. The quantitative estimate of drug-likeness (QED) is 0.536. The average Bonchev–Trinajstić information content (AvgIpc) is 2.80. The minimum absolute atomic E-state index is 0.00389. The lowest BCUT2D eigenvalue weighted by molar-refractivity contribution is 0.102. The van der Waals surface area contributed by atoms with Crippen LogP contribution in [0.5, 0.6) is 5.75 Å². The van der Waals surface area contributed by atoms with E-state index in [1.807, 2.05) is 43.3 Å². The fourth-order valence-corrected chi connectivity index (χ4v) is 4.03. The number of aryl methyl sites for hydroxylation is 1. The van der Waals surface area contributed by atoms with Crippen LogP contribution in [0.3, 0.4) is 0 Å². The summed E-state index contributed by atoms with van der Waals surface area (Å²) in [6.45, 7) is 6.03. The molecule has 2 heterocycles. The maximum absolute atomic E-state index is 13.1. The Kier molecular flexibility index (Phi) is 6.65. The summed E-state index contributed by atoms with van der Waals surface area (Å²) < 4.78 is 5.37. The Balaban J connectivity index is 1.55. The molecule has 0 spiro atoms. The summed E-state index contributed by atoms with van der Waals surface area (Å²) in [6, 6.07) is 14.8. The summed E-state index contributed by atoms with van der Waals surface area (Å²) in [5.41, 5.74) is 3.46. The van der Waals surface area contributed by atoms with Crippen LogP contribution in [0, 0.1) is 6.92 Å². The van der Waals surface area contributed by atoms with E-state index in [4.69, 9.17) is 4.74 Å². The van der Waals surface area contributed by atoms with Crippen LogP contribution in [0.1, 0.15) is 15.9 Å². The number of carbonyl (C=O) groups excluding carboxylic acids is 1. The van der Waals surface area contributed by atoms with Crippen LogP contribution in [-0.2, 0) is 0 Å². The SMILES string of the molecule is COc1ccccc1Nc1cc[nH]c(=O)c1C(=O)Nc1ccc(N2CCN(C)CC2)c(C)c1. The van der Waals surface area contributed by atoms with Gasteiger partial charge in [0.1, 0.15) is 11.3 Å². The summed E-state index contributed by atoms with van der Waals surface area (Å²) in [5.74, 6) is 0.125. The van der Waals surface area contributed by atoms with Crippen LogP contribution in [0.4, 0.5) is 22.7 Å². The van der Waals surface area contributed by atoms with Crippen LogP contribution in [-0.4, -0.2) is 56.1 Å². The molecular formula is C25H29N5O3. The van der Waals surface area contributed by atoms with E-state index in [0.29, 0.717) is 22.8 Å². The van der Waals surface area contributed by atoms with E-state index >= 15 is 0 Å². The highest BCUT2D eigenvalue weighted by atomic mass is 16.5. The predicted octanol–water partition coefficient (Wildman–Crippen LogP) is 3.44. The molecule has 1 aliphatic rings. The molecule has 0 atom stereocenters. The Hall–Kier alpha value is -3.78. The molecule has 1 amide bonds. The highest BCUT2D eigenvalue weighted by Crippen LogP contribution is 2.29. The number of hydrogen-bond donors (Lipinski definition) is 3. The van der Waals surface area contributed by atoms with Gasteiger partial charge in [0.25, 0.3) is 11.5 Å². The number of benzene rings is 2. The Morgan fingerprint density at radius 3 is 2.52 bits per heavy atom. The maximum Gasteiger partial charge on any atom is 0.263 e. The van der Waals surface area contributed by atoms with Crippen molar-refractivity contribution in [3.8, 4) is 5.75 Å². The topological polar surface area (TPSA) is 89.7 Å². The summed E-state index contributed by atoms with van der Waals surface area (Å²) in [5, 5.41) is 6.03. The van der Waals surface area contributed by atoms with E-state index in [1.165, 1.54) is 6.20 Å². The molecule has 3 N–H and O–H groups in total. The molecule has 8 nitrogen and oxygen atoms in total. The van der Waals surface area contributed by atoms with Crippen LogP contribution in [0.2, 0.25) is 0 Å². The molecule has 3 aromatic rings. The second-order valence-corrected chi connectivity index (χ2v) is 8.17. The summed E-state index contributed by atoms with van der Waals surface area (Å²) in [7, 11) is 3.70. The van der Waals surface area contributed by atoms with Crippen molar-refractivity contribution >= 4 is 28.7 Å². The fraction of sp³-hybridized carbons (Fsp3) is 0.280. The molecule has 2 aromatic carbocycles. The third-order valence-electron chi connectivity index (χ3n) is 5.86. The first-order chi connectivity index (χ1) is 16.0. The number of hydrogen-bond acceptors (Lipinski definition) is 6. The van der Waals surface area contributed by atoms with Crippen molar-refractivity contribution in [2.75, 3.05) is 55.9 Å². The number of nitrogens with one attached hydrogen (secondary N) is 3. The van der Waals surface area contributed by atoms with Gasteiger partial charge in [-0.1, -0.05) is 12.1 Å². The normalized spacial score (nSPS) is 14.1. The summed E-state index contributed by atoms with van der Waals surface area (Å²) >= 11 is 0. The van der Waals surface area contributed by atoms with E-state index in [1.54, 1.807) is 19.2 Å². The molecule has 1 saturated heterocycles. The largest absolute Gasteiger partial charge is 0.495 e. The number of ether oxygens (including phenoxy) is 1. The van der Waals surface area contributed by atoms with Crippen molar-refractivity contribution in [3.63, 3.8) is 0 Å². The van der Waals surface area contributed by atoms with Crippen LogP contribution >= 0.6 is 0 Å². The standard InChI is InChI=1S/C25H29N5O3/c1-17-16-18(8-9-21(17)30-14-12-29(2)13-15-30)27-25(32)23-20(10-11-26-24(23)31)28-19-6-4-5-7-22(19)33-3/h4-11,16H,12-15H2,1-3H3,(H,27,32)(H2,26,28,31). The second-order valence-electron chi connectivity index (χ2n) is 8.17. The van der Waals surface area contributed by atoms with Gasteiger partial charge in [-0.2, -0.15) is 0 Å². The lowest BCUT2D eigenvalue weighted by atomic mass is 10.1. The molecule has 33 heavy (non-hydrogen) atoms. The van der Waals surface area contributed by atoms with E-state index in [9.17, 15) is 9.59 Å². The van der Waals surface area contributed by atoms with Gasteiger partial charge in [0, 0.05) is 43.8 Å². The number of para-hydroxylation sites is 2. The number of carbonyl (C=O) groups is 1. The lowest BCUT2D eigenvalue weighted by Crippen LogP contribution is -2.44. The van der Waals surface area contributed by atoms with Crippen LogP contribution in [0.15, 0.2) is 59.5 Å². The van der Waals surface area contributed by atoms with Gasteiger partial charge in [-0.15, -0.1) is 0 Å². The molecule has 0 unspecified atom stereocenters. The van der Waals surface area contributed by atoms with Crippen molar-refractivity contribution in [1.82, 2.24) is 9.88 Å². The lowest BCUT2D eigenvalue weighted by Gasteiger charge is -2.35. The van der Waals surface area contributed by atoms with E-state index < -0.39 is 11.5 Å². The van der Waals surface area contributed by atoms with Crippen molar-refractivity contribution in [2.24, 2.45) is 0 Å². The molecule has 172 valence electrons. The van der Waals surface area contributed by atoms with Crippen molar-refractivity contribution < 1.29 is 9.53 Å². The van der Waals surface area contributed by atoms with Gasteiger partial charge in [0.15, 0.2) is 0 Å². The third kappa shape index (κ3) is 5.01. The first kappa shape index (κ1) is 22.4. The van der Waals surface area contributed by atoms with Crippen molar-refractivity contribution in [2.45, 2.75) is 6.92 Å². The number of nitrogens with zero attached hydrogens (tertiary/aromatic N) is 2. The highest BCUT2D eigenvalue weighted by molar-refractivity contribution is 6.08. The second kappa shape index (κ2) is 9.79. The van der Waals surface area contributed by atoms with E-state index in [0.717, 1.165) is 37.4 Å². The van der Waals surface area contributed by atoms with Gasteiger partial charge in [0.2, 0.25) is 0 Å². The van der Waals surface area contributed by atoms with Crippen LogP contribution in [0.25, 0.3) is 0 Å². The van der Waals surface area contributed by atoms with Gasteiger partial charge in [-0.25, -0.2) is 0 Å². The maximum atomic E-state index is 13.1. The minimum Gasteiger partial charge on any atom is -0.495 e. The smallest absolute Gasteiger partial charge is 0.263 e. The predicted molar refractivity (Wildman–Crippen MR) is 132 cm³/mol. The van der Waals surface area contributed by atoms with Gasteiger partial charge in [0.05, 0.1) is 18.5 Å². The van der Waals surface area contributed by atoms with Crippen molar-refractivity contribution in [1.29, 1.82) is 0 Å². The zero-order valence-electron chi connectivity index (χ0n) is 19.1. The number of piperazine rings is 1. The number of likely N-dealkylation sites (N-methyl/N-ethyl adjacent to an activating group) is 1. The monoisotopic (exact) mass is 447 g/mol. The molecule has 0 radical (unpaired) electrons. The molecule has 8 heteroatoms. The average molecular weight is 448 g/mol. The fourth-order valence-electron chi connectivity index (χ4n) is 4.03. The van der Waals surface area contributed by atoms with Gasteiger partial charge in [-0.3, -0.25) is 9.59 Å². The Labute approximate surface area is 193 Å². The summed E-state index contributed by atoms with van der Waals surface area (Å²) in [4.78, 5) is 33.0. The number of aromatic amines is 1. The molecule has 1 fully saturated rings. The molecule has 0 bridgehead atoms. The number of H-pyrrole nitrogens is 1. The van der Waals surface area contributed by atoms with Gasteiger partial charge in [-0.05, 0) is 55.9 Å². The zero-order chi connectivity index (χ0) is 23.4. The number of methoxy groups -OCH3 is 1. The Morgan fingerprint density at radius 1 is 1.03 bits per heavy atom. The van der Waals surface area contributed by atoms with Crippen LogP contribution < -0.4 is 25.8 Å². The molecular weight excluding hydrogens is 418 g/mol. The molecule has 0 aliphatic carbocycles. The van der Waals surface area contributed by atoms with Gasteiger partial charge < -0.3 is 30.2 Å². The first-order valence-corrected chi connectivity index (χ1v) is 10.9. The molecule has 4 rings (SSSR count). The zero-order valence-corrected chi connectivity index (χ0v) is 19.1. The Morgan fingerprint density at radius 2 is 1.79 bits per heavy atom. The first-order valence-electron chi connectivity index (χ1n) is 10.9. The number of anilines is 4. The van der Waals surface area contributed by atoms with E-state index in [-0.39, 0.29) is 5.56 Å². The minimum atomic E-state index is -0.485. The third-order valence-corrected chi connectivity index (χ3v) is 5.86. The number of amides is 1. The highest BCUT2D eigenvalue weighted by Gasteiger charge is 2.19. The number of rotatable bonds is 6. The molecule has 0 saturated carbocycles. The van der Waals surface area contributed by atoms with Gasteiger partial charge >= 0.3 is 0 Å². The summed E-state index contributed by atoms with van der Waals surface area (Å²) in [6.07, 6.45) is 1.51. The number of pyridine rings is 1. The Bertz CT molecular complexity index is 1200. The number of aromatic nitrogens is 1. The molecule has 1 aromatic heterocycles.